The molecule has 0 spiro atoms. The Morgan fingerprint density at radius 1 is 1.38 bits per heavy atom. The first-order chi connectivity index (χ1) is 6.27. The topological polar surface area (TPSA) is 43.6 Å². The van der Waals surface area contributed by atoms with Gasteiger partial charge in [0.05, 0.1) is 6.20 Å². The molecule has 2 aromatic rings. The van der Waals surface area contributed by atoms with E-state index in [1.807, 2.05) is 13.2 Å². The highest BCUT2D eigenvalue weighted by atomic mass is 35.5. The first-order valence-electron chi connectivity index (χ1n) is 3.72. The number of aromatic nitrogens is 4. The van der Waals surface area contributed by atoms with Crippen LogP contribution in [0.1, 0.15) is 0 Å². The van der Waals surface area contributed by atoms with Crippen molar-refractivity contribution >= 4 is 11.6 Å². The number of nitrogens with zero attached hydrogens (tertiary/aromatic N) is 4. The lowest BCUT2D eigenvalue weighted by Gasteiger charge is -1.96. The van der Waals surface area contributed by atoms with Crippen LogP contribution in [0.4, 0.5) is 0 Å². The highest BCUT2D eigenvalue weighted by molar-refractivity contribution is 6.32. The Morgan fingerprint density at radius 3 is 2.85 bits per heavy atom. The van der Waals surface area contributed by atoms with E-state index in [-0.39, 0.29) is 0 Å². The van der Waals surface area contributed by atoms with Crippen LogP contribution in [0.25, 0.3) is 11.1 Å². The van der Waals surface area contributed by atoms with Gasteiger partial charge in [-0.05, 0) is 0 Å². The van der Waals surface area contributed by atoms with Crippen molar-refractivity contribution < 1.29 is 0 Å². The molecule has 4 nitrogen and oxygen atoms in total. The Balaban J connectivity index is 2.52. The molecule has 0 bridgehead atoms. The lowest BCUT2D eigenvalue weighted by molar-refractivity contribution is 0.768. The summed E-state index contributed by atoms with van der Waals surface area (Å²) >= 11 is 5.88. The van der Waals surface area contributed by atoms with Crippen LogP contribution in [-0.2, 0) is 7.05 Å². The van der Waals surface area contributed by atoms with Gasteiger partial charge in [0, 0.05) is 30.6 Å². The normalized spacial score (nSPS) is 10.3. The first-order valence-corrected chi connectivity index (χ1v) is 4.09. The average molecular weight is 195 g/mol. The number of hydrogen-bond acceptors (Lipinski definition) is 3. The predicted octanol–water partition coefficient (Wildman–Crippen LogP) is 1.53. The molecule has 0 aliphatic carbocycles. The molecular weight excluding hydrogens is 188 g/mol. The number of hydrogen-bond donors (Lipinski definition) is 0. The van der Waals surface area contributed by atoms with Crippen molar-refractivity contribution in [3.63, 3.8) is 0 Å². The second-order valence-electron chi connectivity index (χ2n) is 2.63. The molecule has 13 heavy (non-hydrogen) atoms. The average Bonchev–Trinajstić information content (AvgIpc) is 2.53. The molecule has 0 radical (unpaired) electrons. The molecule has 0 amide bonds. The van der Waals surface area contributed by atoms with E-state index in [0.29, 0.717) is 5.15 Å². The predicted molar refractivity (Wildman–Crippen MR) is 49.2 cm³/mol. The molecule has 0 fully saturated rings. The van der Waals surface area contributed by atoms with Crippen molar-refractivity contribution in [2.24, 2.45) is 7.05 Å². The third-order valence-corrected chi connectivity index (χ3v) is 1.98. The highest BCUT2D eigenvalue weighted by Crippen LogP contribution is 2.23. The maximum Gasteiger partial charge on any atom is 0.140 e. The molecule has 0 saturated heterocycles. The van der Waals surface area contributed by atoms with Gasteiger partial charge in [0.25, 0.3) is 0 Å². The maximum absolute atomic E-state index is 5.88. The number of halogens is 1. The van der Waals surface area contributed by atoms with Gasteiger partial charge in [-0.3, -0.25) is 4.68 Å². The van der Waals surface area contributed by atoms with E-state index in [4.69, 9.17) is 11.6 Å². The Kier molecular flexibility index (Phi) is 1.98. The zero-order chi connectivity index (χ0) is 9.26. The molecule has 2 heterocycles. The zero-order valence-corrected chi connectivity index (χ0v) is 7.73. The quantitative estimate of drug-likeness (QED) is 0.647. The van der Waals surface area contributed by atoms with Crippen LogP contribution in [-0.4, -0.2) is 19.7 Å². The van der Waals surface area contributed by atoms with Crippen LogP contribution in [0, 0.1) is 0 Å². The SMILES string of the molecule is Cn1cc(-c2cncnc2Cl)cn1. The molecule has 0 unspecified atom stereocenters. The van der Waals surface area contributed by atoms with Gasteiger partial charge in [-0.15, -0.1) is 0 Å². The van der Waals surface area contributed by atoms with Gasteiger partial charge < -0.3 is 0 Å². The molecule has 0 atom stereocenters. The van der Waals surface area contributed by atoms with E-state index in [9.17, 15) is 0 Å². The number of aryl methyl sites for hydroxylation is 1. The lowest BCUT2D eigenvalue weighted by atomic mass is 10.2. The standard InChI is InChI=1S/C8H7ClN4/c1-13-4-6(2-12-13)7-3-10-5-11-8(7)9/h2-5H,1H3. The van der Waals surface area contributed by atoms with Crippen molar-refractivity contribution in [3.8, 4) is 11.1 Å². The van der Waals surface area contributed by atoms with E-state index in [1.165, 1.54) is 6.33 Å². The molecule has 2 rings (SSSR count). The molecular formula is C8H7ClN4. The zero-order valence-electron chi connectivity index (χ0n) is 6.98. The fraction of sp³-hybridized carbons (Fsp3) is 0.125. The third kappa shape index (κ3) is 1.53. The van der Waals surface area contributed by atoms with E-state index < -0.39 is 0 Å². The molecule has 0 aliphatic heterocycles. The Labute approximate surface area is 80.2 Å². The summed E-state index contributed by atoms with van der Waals surface area (Å²) in [6.45, 7) is 0. The summed E-state index contributed by atoms with van der Waals surface area (Å²) in [4.78, 5) is 7.78. The second kappa shape index (κ2) is 3.14. The fourth-order valence-corrected chi connectivity index (χ4v) is 1.27. The van der Waals surface area contributed by atoms with E-state index in [0.717, 1.165) is 11.1 Å². The summed E-state index contributed by atoms with van der Waals surface area (Å²) in [6.07, 6.45) is 6.68. The van der Waals surface area contributed by atoms with Crippen LogP contribution >= 0.6 is 11.6 Å². The van der Waals surface area contributed by atoms with Crippen LogP contribution < -0.4 is 0 Å². The van der Waals surface area contributed by atoms with Crippen LogP contribution in [0.15, 0.2) is 24.9 Å². The summed E-state index contributed by atoms with van der Waals surface area (Å²) in [6, 6.07) is 0. The summed E-state index contributed by atoms with van der Waals surface area (Å²) in [5.74, 6) is 0. The third-order valence-electron chi connectivity index (χ3n) is 1.68. The van der Waals surface area contributed by atoms with Crippen molar-refractivity contribution in [2.75, 3.05) is 0 Å². The first kappa shape index (κ1) is 8.19. The monoisotopic (exact) mass is 194 g/mol. The van der Waals surface area contributed by atoms with Crippen LogP contribution in [0.5, 0.6) is 0 Å². The van der Waals surface area contributed by atoms with Gasteiger partial charge in [0.1, 0.15) is 11.5 Å². The summed E-state index contributed by atoms with van der Waals surface area (Å²) in [5.41, 5.74) is 1.73. The van der Waals surface area contributed by atoms with Gasteiger partial charge in [-0.2, -0.15) is 5.10 Å². The molecule has 5 heteroatoms. The Bertz CT molecular complexity index is 424. The molecule has 0 aromatic carbocycles. The molecule has 66 valence electrons. The maximum atomic E-state index is 5.88. The molecule has 0 aliphatic rings. The summed E-state index contributed by atoms with van der Waals surface area (Å²) < 4.78 is 1.71. The lowest BCUT2D eigenvalue weighted by Crippen LogP contribution is -1.85. The highest BCUT2D eigenvalue weighted by Gasteiger charge is 2.05. The summed E-state index contributed by atoms with van der Waals surface area (Å²) in [7, 11) is 1.85. The number of rotatable bonds is 1. The largest absolute Gasteiger partial charge is 0.275 e. The van der Waals surface area contributed by atoms with Crippen molar-refractivity contribution in [1.29, 1.82) is 0 Å². The van der Waals surface area contributed by atoms with Gasteiger partial charge in [0.2, 0.25) is 0 Å². The smallest absolute Gasteiger partial charge is 0.140 e. The Hall–Kier alpha value is -1.42. The van der Waals surface area contributed by atoms with Gasteiger partial charge in [0.15, 0.2) is 0 Å². The van der Waals surface area contributed by atoms with E-state index in [2.05, 4.69) is 15.1 Å². The second-order valence-corrected chi connectivity index (χ2v) is 2.99. The van der Waals surface area contributed by atoms with Gasteiger partial charge in [-0.1, -0.05) is 11.6 Å². The minimum absolute atomic E-state index is 0.447. The van der Waals surface area contributed by atoms with E-state index >= 15 is 0 Å². The van der Waals surface area contributed by atoms with Crippen molar-refractivity contribution in [2.45, 2.75) is 0 Å². The molecule has 0 saturated carbocycles. The summed E-state index contributed by atoms with van der Waals surface area (Å²) in [5, 5.41) is 4.48. The Morgan fingerprint density at radius 2 is 2.23 bits per heavy atom. The van der Waals surface area contributed by atoms with Gasteiger partial charge in [-0.25, -0.2) is 9.97 Å². The van der Waals surface area contributed by atoms with Crippen LogP contribution in [0.3, 0.4) is 0 Å². The molecule has 2 aromatic heterocycles. The minimum Gasteiger partial charge on any atom is -0.275 e. The van der Waals surface area contributed by atoms with Crippen LogP contribution in [0.2, 0.25) is 5.15 Å². The fourth-order valence-electron chi connectivity index (χ4n) is 1.07. The molecule has 0 N–H and O–H groups in total. The minimum atomic E-state index is 0.447. The van der Waals surface area contributed by atoms with E-state index in [1.54, 1.807) is 17.1 Å². The van der Waals surface area contributed by atoms with Crippen molar-refractivity contribution in [1.82, 2.24) is 19.7 Å². The van der Waals surface area contributed by atoms with Crippen molar-refractivity contribution in [3.05, 3.63) is 30.1 Å². The van der Waals surface area contributed by atoms with Gasteiger partial charge >= 0.3 is 0 Å².